The fraction of sp³-hybridized carbons (Fsp3) is 0.375. The number of nitrogens with zero attached hydrogens (tertiary/aromatic N) is 3. The quantitative estimate of drug-likeness (QED) is 0.925. The van der Waals surface area contributed by atoms with Crippen LogP contribution in [0.15, 0.2) is 43.0 Å². The Labute approximate surface area is 119 Å². The third-order valence-electron chi connectivity index (χ3n) is 4.08. The molecule has 1 heterocycles. The minimum absolute atomic E-state index is 0.455. The summed E-state index contributed by atoms with van der Waals surface area (Å²) in [6.45, 7) is 0.750. The summed E-state index contributed by atoms with van der Waals surface area (Å²) in [5.74, 6) is 0. The minimum atomic E-state index is 0.455. The van der Waals surface area contributed by atoms with Crippen molar-refractivity contribution in [3.05, 3.63) is 54.1 Å². The lowest BCUT2D eigenvalue weighted by Gasteiger charge is -2.22. The van der Waals surface area contributed by atoms with E-state index in [0.717, 1.165) is 17.7 Å². The van der Waals surface area contributed by atoms with Crippen molar-refractivity contribution in [1.82, 2.24) is 14.9 Å². The highest BCUT2D eigenvalue weighted by Crippen LogP contribution is 2.30. The predicted molar refractivity (Wildman–Crippen MR) is 76.9 cm³/mol. The van der Waals surface area contributed by atoms with Gasteiger partial charge in [-0.15, -0.1) is 0 Å². The molecule has 0 saturated heterocycles. The van der Waals surface area contributed by atoms with Gasteiger partial charge >= 0.3 is 0 Å². The van der Waals surface area contributed by atoms with E-state index in [1.807, 2.05) is 43.0 Å². The van der Waals surface area contributed by atoms with Crippen molar-refractivity contribution >= 4 is 0 Å². The molecule has 4 heteroatoms. The topological polar surface area (TPSA) is 53.6 Å². The largest absolute Gasteiger partial charge is 0.333 e. The first-order valence-electron chi connectivity index (χ1n) is 7.07. The predicted octanol–water partition coefficient (Wildman–Crippen LogP) is 2.64. The zero-order valence-corrected chi connectivity index (χ0v) is 11.4. The Hall–Kier alpha value is -2.12. The Kier molecular flexibility index (Phi) is 3.80. The zero-order valence-electron chi connectivity index (χ0n) is 11.4. The van der Waals surface area contributed by atoms with Crippen LogP contribution in [0.1, 0.15) is 36.4 Å². The summed E-state index contributed by atoms with van der Waals surface area (Å²) in [6, 6.07) is 11.0. The summed E-state index contributed by atoms with van der Waals surface area (Å²) in [4.78, 5) is 4.14. The molecular weight excluding hydrogens is 248 g/mol. The van der Waals surface area contributed by atoms with E-state index in [4.69, 9.17) is 5.26 Å². The Morgan fingerprint density at radius 1 is 1.35 bits per heavy atom. The van der Waals surface area contributed by atoms with Crippen molar-refractivity contribution in [2.45, 2.75) is 37.9 Å². The highest BCUT2D eigenvalue weighted by molar-refractivity contribution is 5.37. The van der Waals surface area contributed by atoms with Gasteiger partial charge in [-0.25, -0.2) is 4.98 Å². The summed E-state index contributed by atoms with van der Waals surface area (Å²) >= 11 is 0. The van der Waals surface area contributed by atoms with Gasteiger partial charge in [0.15, 0.2) is 0 Å². The van der Waals surface area contributed by atoms with Crippen LogP contribution >= 0.6 is 0 Å². The van der Waals surface area contributed by atoms with Crippen molar-refractivity contribution in [2.24, 2.45) is 0 Å². The fourth-order valence-corrected chi connectivity index (χ4v) is 3.03. The molecule has 2 unspecified atom stereocenters. The summed E-state index contributed by atoms with van der Waals surface area (Å²) in [7, 11) is 0. The number of nitriles is 1. The number of aromatic nitrogens is 2. The molecule has 3 rings (SSSR count). The van der Waals surface area contributed by atoms with E-state index in [9.17, 15) is 0 Å². The summed E-state index contributed by atoms with van der Waals surface area (Å²) in [5, 5.41) is 12.7. The van der Waals surface area contributed by atoms with Crippen LogP contribution < -0.4 is 5.32 Å². The molecule has 2 atom stereocenters. The number of benzene rings is 1. The summed E-state index contributed by atoms with van der Waals surface area (Å²) in [5.41, 5.74) is 1.84. The average molecular weight is 266 g/mol. The van der Waals surface area contributed by atoms with Gasteiger partial charge in [0.25, 0.3) is 0 Å². The van der Waals surface area contributed by atoms with Crippen LogP contribution in [0.2, 0.25) is 0 Å². The molecule has 0 spiro atoms. The first kappa shape index (κ1) is 12.9. The van der Waals surface area contributed by atoms with Gasteiger partial charge in [0.05, 0.1) is 18.0 Å². The second-order valence-electron chi connectivity index (χ2n) is 5.26. The van der Waals surface area contributed by atoms with Crippen LogP contribution in [0.25, 0.3) is 0 Å². The highest BCUT2D eigenvalue weighted by Gasteiger charge is 2.27. The molecular formula is C16H18N4. The second kappa shape index (κ2) is 5.89. The molecule has 1 aromatic carbocycles. The monoisotopic (exact) mass is 266 g/mol. The lowest BCUT2D eigenvalue weighted by Crippen LogP contribution is -2.33. The van der Waals surface area contributed by atoms with Crippen molar-refractivity contribution in [2.75, 3.05) is 0 Å². The normalized spacial score (nSPS) is 21.8. The summed E-state index contributed by atoms with van der Waals surface area (Å²) < 4.78 is 2.20. The molecule has 0 bridgehead atoms. The fourth-order valence-electron chi connectivity index (χ4n) is 3.03. The number of nitrogens with one attached hydrogen (secondary N) is 1. The minimum Gasteiger partial charge on any atom is -0.333 e. The molecule has 4 nitrogen and oxygen atoms in total. The molecule has 102 valence electrons. The highest BCUT2D eigenvalue weighted by atomic mass is 15.1. The smallest absolute Gasteiger partial charge is 0.0995 e. The van der Waals surface area contributed by atoms with Gasteiger partial charge in [-0.1, -0.05) is 18.2 Å². The molecule has 2 aromatic rings. The number of rotatable bonds is 4. The van der Waals surface area contributed by atoms with Crippen LogP contribution in [0.3, 0.4) is 0 Å². The Bertz CT molecular complexity index is 597. The molecule has 0 amide bonds. The van der Waals surface area contributed by atoms with E-state index >= 15 is 0 Å². The van der Waals surface area contributed by atoms with Crippen LogP contribution in [0, 0.1) is 11.3 Å². The zero-order chi connectivity index (χ0) is 13.8. The Morgan fingerprint density at radius 3 is 3.05 bits per heavy atom. The molecule has 1 aliphatic rings. The molecule has 1 fully saturated rings. The molecule has 0 radical (unpaired) electrons. The van der Waals surface area contributed by atoms with Gasteiger partial charge in [-0.2, -0.15) is 5.26 Å². The summed E-state index contributed by atoms with van der Waals surface area (Å²) in [6.07, 6.45) is 9.37. The first-order chi connectivity index (χ1) is 9.88. The van der Waals surface area contributed by atoms with E-state index in [-0.39, 0.29) is 0 Å². The van der Waals surface area contributed by atoms with Crippen molar-refractivity contribution in [3.8, 4) is 6.07 Å². The van der Waals surface area contributed by atoms with E-state index < -0.39 is 0 Å². The van der Waals surface area contributed by atoms with Gasteiger partial charge in [-0.05, 0) is 30.9 Å². The van der Waals surface area contributed by atoms with E-state index in [1.165, 1.54) is 19.3 Å². The Balaban J connectivity index is 1.67. The van der Waals surface area contributed by atoms with Crippen LogP contribution in [-0.2, 0) is 6.54 Å². The Morgan fingerprint density at radius 2 is 2.25 bits per heavy atom. The van der Waals surface area contributed by atoms with Gasteiger partial charge < -0.3 is 9.88 Å². The molecule has 20 heavy (non-hydrogen) atoms. The maximum Gasteiger partial charge on any atom is 0.0995 e. The number of hydrogen-bond acceptors (Lipinski definition) is 3. The van der Waals surface area contributed by atoms with Gasteiger partial charge in [-0.3, -0.25) is 0 Å². The molecule has 1 aromatic heterocycles. The van der Waals surface area contributed by atoms with Crippen LogP contribution in [0.5, 0.6) is 0 Å². The SMILES string of the molecule is N#Cc1ccccc1CNC1CCCC1n1ccnc1. The van der Waals surface area contributed by atoms with Crippen molar-refractivity contribution < 1.29 is 0 Å². The lowest BCUT2D eigenvalue weighted by molar-refractivity contribution is 0.390. The van der Waals surface area contributed by atoms with Crippen LogP contribution in [0.4, 0.5) is 0 Å². The molecule has 1 saturated carbocycles. The maximum absolute atomic E-state index is 9.12. The molecule has 0 aliphatic heterocycles. The van der Waals surface area contributed by atoms with E-state index in [2.05, 4.69) is 20.9 Å². The van der Waals surface area contributed by atoms with Gasteiger partial charge in [0.1, 0.15) is 0 Å². The first-order valence-corrected chi connectivity index (χ1v) is 7.07. The number of hydrogen-bond donors (Lipinski definition) is 1. The molecule has 1 aliphatic carbocycles. The number of imidazole rings is 1. The lowest BCUT2D eigenvalue weighted by atomic mass is 10.1. The van der Waals surface area contributed by atoms with Crippen LogP contribution in [-0.4, -0.2) is 15.6 Å². The van der Waals surface area contributed by atoms with E-state index in [0.29, 0.717) is 12.1 Å². The third-order valence-corrected chi connectivity index (χ3v) is 4.08. The van der Waals surface area contributed by atoms with Crippen molar-refractivity contribution in [1.29, 1.82) is 5.26 Å². The molecule has 1 N–H and O–H groups in total. The standard InChI is InChI=1S/C16H18N4/c17-10-13-4-1-2-5-14(13)11-19-15-6-3-7-16(15)20-9-8-18-12-20/h1-2,4-5,8-9,12,15-16,19H,3,6-7,11H2. The van der Waals surface area contributed by atoms with Gasteiger partial charge in [0.2, 0.25) is 0 Å². The second-order valence-corrected chi connectivity index (χ2v) is 5.26. The average Bonchev–Trinajstić information content (AvgIpc) is 3.15. The van der Waals surface area contributed by atoms with Crippen molar-refractivity contribution in [3.63, 3.8) is 0 Å². The maximum atomic E-state index is 9.12. The van der Waals surface area contributed by atoms with Gasteiger partial charge in [0, 0.05) is 31.0 Å². The third kappa shape index (κ3) is 2.59. The van der Waals surface area contributed by atoms with E-state index in [1.54, 1.807) is 0 Å².